The van der Waals surface area contributed by atoms with Gasteiger partial charge in [0.25, 0.3) is 0 Å². The minimum absolute atomic E-state index is 0.428. The van der Waals surface area contributed by atoms with E-state index >= 15 is 0 Å². The number of rotatable bonds is 6. The van der Waals surface area contributed by atoms with Crippen LogP contribution in [0.3, 0.4) is 0 Å². The van der Waals surface area contributed by atoms with Crippen LogP contribution in [0.2, 0.25) is 0 Å². The summed E-state index contributed by atoms with van der Waals surface area (Å²) >= 11 is 0. The molecule has 0 saturated carbocycles. The summed E-state index contributed by atoms with van der Waals surface area (Å²) in [5.74, 6) is 2.10. The van der Waals surface area contributed by atoms with Crippen molar-refractivity contribution in [1.29, 1.82) is 0 Å². The Morgan fingerprint density at radius 3 is 2.61 bits per heavy atom. The first-order valence-corrected chi connectivity index (χ1v) is 6.61. The molecule has 0 N–H and O–H groups in total. The molecule has 3 unspecified atom stereocenters. The van der Waals surface area contributed by atoms with Gasteiger partial charge in [-0.15, -0.1) is 0 Å². The molecular weight excluding hydrogens is 228 g/mol. The molecule has 18 heavy (non-hydrogen) atoms. The van der Waals surface area contributed by atoms with Crippen molar-refractivity contribution in [2.24, 2.45) is 0 Å². The molecule has 0 amide bonds. The summed E-state index contributed by atoms with van der Waals surface area (Å²) in [6.07, 6.45) is 1.92. The first-order chi connectivity index (χ1) is 8.65. The summed E-state index contributed by atoms with van der Waals surface area (Å²) in [4.78, 5) is 0. The van der Waals surface area contributed by atoms with Gasteiger partial charge in [-0.1, -0.05) is 13.0 Å². The molecular formula is C15H22O3. The van der Waals surface area contributed by atoms with E-state index < -0.39 is 0 Å². The van der Waals surface area contributed by atoms with Gasteiger partial charge in [0.2, 0.25) is 0 Å². The Kier molecular flexibility index (Phi) is 4.12. The lowest BCUT2D eigenvalue weighted by Gasteiger charge is -2.14. The molecule has 2 rings (SSSR count). The molecule has 1 aromatic rings. The normalized spacial score (nSPS) is 23.6. The fraction of sp³-hybridized carbons (Fsp3) is 0.600. The van der Waals surface area contributed by atoms with E-state index in [0.29, 0.717) is 24.7 Å². The van der Waals surface area contributed by atoms with Crippen molar-refractivity contribution in [3.63, 3.8) is 0 Å². The molecule has 1 aliphatic rings. The van der Waals surface area contributed by atoms with E-state index in [1.54, 1.807) is 7.11 Å². The molecule has 1 saturated heterocycles. The minimum Gasteiger partial charge on any atom is -0.493 e. The molecule has 3 nitrogen and oxygen atoms in total. The molecule has 1 aliphatic heterocycles. The number of epoxide rings is 1. The van der Waals surface area contributed by atoms with Crippen molar-refractivity contribution in [2.45, 2.75) is 45.3 Å². The maximum atomic E-state index is 5.52. The standard InChI is InChI=1S/C15H22O3/c1-5-17-13-7-6-12(9-15(13)16-4)10(2)8-14-11(3)18-14/h6-7,9-11,14H,5,8H2,1-4H3. The van der Waals surface area contributed by atoms with Gasteiger partial charge in [0.15, 0.2) is 11.5 Å². The number of hydrogen-bond donors (Lipinski definition) is 0. The second-order valence-corrected chi connectivity index (χ2v) is 4.86. The lowest BCUT2D eigenvalue weighted by molar-refractivity contribution is 0.310. The molecule has 3 heteroatoms. The van der Waals surface area contributed by atoms with Gasteiger partial charge >= 0.3 is 0 Å². The quantitative estimate of drug-likeness (QED) is 0.725. The van der Waals surface area contributed by atoms with Crippen LogP contribution < -0.4 is 9.47 Å². The topological polar surface area (TPSA) is 31.0 Å². The zero-order valence-corrected chi connectivity index (χ0v) is 11.6. The molecule has 0 spiro atoms. The van der Waals surface area contributed by atoms with Gasteiger partial charge in [-0.3, -0.25) is 0 Å². The van der Waals surface area contributed by atoms with Crippen molar-refractivity contribution >= 4 is 0 Å². The van der Waals surface area contributed by atoms with Crippen LogP contribution in [0.15, 0.2) is 18.2 Å². The summed E-state index contributed by atoms with van der Waals surface area (Å²) < 4.78 is 16.4. The van der Waals surface area contributed by atoms with Crippen molar-refractivity contribution < 1.29 is 14.2 Å². The van der Waals surface area contributed by atoms with Gasteiger partial charge in [0, 0.05) is 0 Å². The van der Waals surface area contributed by atoms with E-state index in [9.17, 15) is 0 Å². The Bertz CT molecular complexity index is 403. The second-order valence-electron chi connectivity index (χ2n) is 4.86. The highest BCUT2D eigenvalue weighted by Crippen LogP contribution is 2.36. The summed E-state index contributed by atoms with van der Waals surface area (Å²) in [5, 5.41) is 0. The van der Waals surface area contributed by atoms with Crippen molar-refractivity contribution in [1.82, 2.24) is 0 Å². The average molecular weight is 250 g/mol. The number of ether oxygens (including phenoxy) is 3. The zero-order chi connectivity index (χ0) is 13.1. The predicted octanol–water partition coefficient (Wildman–Crippen LogP) is 3.37. The Morgan fingerprint density at radius 2 is 2.06 bits per heavy atom. The van der Waals surface area contributed by atoms with Crippen LogP contribution >= 0.6 is 0 Å². The first kappa shape index (κ1) is 13.2. The predicted molar refractivity (Wildman–Crippen MR) is 71.5 cm³/mol. The van der Waals surface area contributed by atoms with Crippen molar-refractivity contribution in [3.8, 4) is 11.5 Å². The third-order valence-corrected chi connectivity index (χ3v) is 3.48. The minimum atomic E-state index is 0.428. The smallest absolute Gasteiger partial charge is 0.161 e. The van der Waals surface area contributed by atoms with E-state index in [0.717, 1.165) is 17.9 Å². The third-order valence-electron chi connectivity index (χ3n) is 3.48. The van der Waals surface area contributed by atoms with Crippen LogP contribution in [0.5, 0.6) is 11.5 Å². The molecule has 0 aliphatic carbocycles. The van der Waals surface area contributed by atoms with Gasteiger partial charge in [-0.05, 0) is 43.9 Å². The molecule has 0 radical (unpaired) electrons. The Hall–Kier alpha value is -1.22. The Labute approximate surface area is 109 Å². The lowest BCUT2D eigenvalue weighted by Crippen LogP contribution is -2.02. The average Bonchev–Trinajstić information content (AvgIpc) is 3.05. The summed E-state index contributed by atoms with van der Waals surface area (Å²) in [6, 6.07) is 6.18. The second kappa shape index (κ2) is 5.61. The monoisotopic (exact) mass is 250 g/mol. The van der Waals surface area contributed by atoms with Crippen LogP contribution in [-0.4, -0.2) is 25.9 Å². The molecule has 100 valence electrons. The Morgan fingerprint density at radius 1 is 1.33 bits per heavy atom. The summed E-state index contributed by atoms with van der Waals surface area (Å²) in [7, 11) is 1.68. The molecule has 3 atom stereocenters. The zero-order valence-electron chi connectivity index (χ0n) is 11.6. The number of benzene rings is 1. The lowest BCUT2D eigenvalue weighted by atomic mass is 9.95. The maximum Gasteiger partial charge on any atom is 0.161 e. The van der Waals surface area contributed by atoms with Gasteiger partial charge in [-0.25, -0.2) is 0 Å². The molecule has 1 fully saturated rings. The van der Waals surface area contributed by atoms with E-state index in [1.165, 1.54) is 5.56 Å². The van der Waals surface area contributed by atoms with E-state index in [4.69, 9.17) is 14.2 Å². The highest BCUT2D eigenvalue weighted by atomic mass is 16.6. The van der Waals surface area contributed by atoms with Gasteiger partial charge in [0.1, 0.15) is 0 Å². The van der Waals surface area contributed by atoms with E-state index in [-0.39, 0.29) is 0 Å². The summed E-state index contributed by atoms with van der Waals surface area (Å²) in [6.45, 7) is 6.97. The number of methoxy groups -OCH3 is 1. The molecule has 0 bridgehead atoms. The van der Waals surface area contributed by atoms with Crippen molar-refractivity contribution in [3.05, 3.63) is 23.8 Å². The molecule has 1 aromatic carbocycles. The fourth-order valence-corrected chi connectivity index (χ4v) is 2.23. The van der Waals surface area contributed by atoms with E-state index in [2.05, 4.69) is 26.0 Å². The van der Waals surface area contributed by atoms with Gasteiger partial charge in [0.05, 0.1) is 25.9 Å². The van der Waals surface area contributed by atoms with E-state index in [1.807, 2.05) is 13.0 Å². The van der Waals surface area contributed by atoms with Crippen LogP contribution in [0.1, 0.15) is 38.7 Å². The van der Waals surface area contributed by atoms with Crippen LogP contribution in [0, 0.1) is 0 Å². The SMILES string of the molecule is CCOc1ccc(C(C)CC2OC2C)cc1OC. The van der Waals surface area contributed by atoms with Gasteiger partial charge in [-0.2, -0.15) is 0 Å². The number of hydrogen-bond acceptors (Lipinski definition) is 3. The van der Waals surface area contributed by atoms with Crippen LogP contribution in [0.25, 0.3) is 0 Å². The largest absolute Gasteiger partial charge is 0.493 e. The molecule has 0 aromatic heterocycles. The summed E-state index contributed by atoms with van der Waals surface area (Å²) in [5.41, 5.74) is 1.28. The third kappa shape index (κ3) is 2.96. The highest BCUT2D eigenvalue weighted by Gasteiger charge is 2.35. The maximum absolute atomic E-state index is 5.52. The Balaban J connectivity index is 2.08. The molecule has 1 heterocycles. The highest BCUT2D eigenvalue weighted by molar-refractivity contribution is 5.43. The first-order valence-electron chi connectivity index (χ1n) is 6.61. The fourth-order valence-electron chi connectivity index (χ4n) is 2.23. The van der Waals surface area contributed by atoms with Crippen molar-refractivity contribution in [2.75, 3.05) is 13.7 Å². The van der Waals surface area contributed by atoms with Gasteiger partial charge < -0.3 is 14.2 Å². The van der Waals surface area contributed by atoms with Crippen LogP contribution in [0.4, 0.5) is 0 Å². The van der Waals surface area contributed by atoms with Crippen LogP contribution in [-0.2, 0) is 4.74 Å².